The van der Waals surface area contributed by atoms with Gasteiger partial charge in [0.15, 0.2) is 0 Å². The number of benzene rings is 2. The molecule has 3 rings (SSSR count). The van der Waals surface area contributed by atoms with Gasteiger partial charge in [-0.1, -0.05) is 55.2 Å². The summed E-state index contributed by atoms with van der Waals surface area (Å²) in [7, 11) is 1.31. The van der Waals surface area contributed by atoms with E-state index in [0.717, 1.165) is 27.7 Å². The Morgan fingerprint density at radius 2 is 0.959 bits per heavy atom. The quantitative estimate of drug-likeness (QED) is 0.108. The molecule has 0 bridgehead atoms. The van der Waals surface area contributed by atoms with E-state index < -0.39 is 26.4 Å². The second-order valence-corrected chi connectivity index (χ2v) is 19.2. The molecule has 0 aromatic heterocycles. The van der Waals surface area contributed by atoms with Gasteiger partial charge in [-0.25, -0.2) is 0 Å². The first kappa shape index (κ1) is 41.7. The SMILES string of the molecule is COCCOCCOCCOCc1cc(-c2ccc([Si](C)(C)C)cc2)c(COCCOCCOCCOC)cc1B1OC(C)(C)C(C)(C)O1. The maximum absolute atomic E-state index is 6.55. The molecule has 0 unspecified atom stereocenters. The van der Waals surface area contributed by atoms with Crippen LogP contribution in [-0.2, 0) is 60.4 Å². The van der Waals surface area contributed by atoms with Crippen LogP contribution in [0.4, 0.5) is 0 Å². The van der Waals surface area contributed by atoms with Crippen LogP contribution in [0.2, 0.25) is 19.6 Å². The molecule has 0 amide bonds. The summed E-state index contributed by atoms with van der Waals surface area (Å²) in [6.45, 7) is 22.3. The van der Waals surface area contributed by atoms with Crippen molar-refractivity contribution in [2.75, 3.05) is 93.5 Å². The van der Waals surface area contributed by atoms with Crippen molar-refractivity contribution in [2.45, 2.75) is 71.8 Å². The molecule has 0 aliphatic carbocycles. The molecule has 0 radical (unpaired) electrons. The lowest BCUT2D eigenvalue weighted by Crippen LogP contribution is -2.41. The van der Waals surface area contributed by atoms with E-state index in [1.165, 1.54) is 5.19 Å². The fourth-order valence-electron chi connectivity index (χ4n) is 5.09. The van der Waals surface area contributed by atoms with Crippen LogP contribution in [0.25, 0.3) is 11.1 Å². The van der Waals surface area contributed by atoms with Crippen molar-refractivity contribution >= 4 is 25.8 Å². The standard InChI is InChI=1S/C37H61BO10Si/c1-36(2)37(3,4)48-38(47-36)35-27-31(28-45-24-22-43-20-18-41-16-14-39-5)34(30-10-12-33(13-11-30)49(7,8)9)26-32(35)29-46-25-23-44-21-19-42-17-15-40-6/h10-13,26-27H,14-25,28-29H2,1-9H3. The van der Waals surface area contributed by atoms with Gasteiger partial charge in [0.2, 0.25) is 0 Å². The van der Waals surface area contributed by atoms with Crippen LogP contribution in [0, 0.1) is 0 Å². The Bertz CT molecular complexity index is 1200. The molecule has 0 atom stereocenters. The first-order valence-corrected chi connectivity index (χ1v) is 21.0. The highest BCUT2D eigenvalue weighted by Crippen LogP contribution is 2.37. The lowest BCUT2D eigenvalue weighted by atomic mass is 9.74. The molecule has 0 spiro atoms. The molecule has 1 aliphatic rings. The van der Waals surface area contributed by atoms with E-state index in [9.17, 15) is 0 Å². The maximum atomic E-state index is 6.55. The average molecular weight is 705 g/mol. The van der Waals surface area contributed by atoms with Crippen LogP contribution >= 0.6 is 0 Å². The molecule has 1 heterocycles. The van der Waals surface area contributed by atoms with E-state index in [-0.39, 0.29) is 0 Å². The predicted molar refractivity (Wildman–Crippen MR) is 197 cm³/mol. The summed E-state index contributed by atoms with van der Waals surface area (Å²) in [5.74, 6) is 0. The van der Waals surface area contributed by atoms with Gasteiger partial charge in [0.1, 0.15) is 0 Å². The van der Waals surface area contributed by atoms with Crippen molar-refractivity contribution in [3.05, 3.63) is 47.5 Å². The third-order valence-corrected chi connectivity index (χ3v) is 10.9. The predicted octanol–water partition coefficient (Wildman–Crippen LogP) is 4.59. The minimum Gasteiger partial charge on any atom is -0.399 e. The Balaban J connectivity index is 1.79. The molecule has 0 N–H and O–H groups in total. The largest absolute Gasteiger partial charge is 0.495 e. The molecule has 276 valence electrons. The Morgan fingerprint density at radius 3 is 1.39 bits per heavy atom. The van der Waals surface area contributed by atoms with Gasteiger partial charge in [0.25, 0.3) is 0 Å². The number of hydrogen-bond acceptors (Lipinski definition) is 10. The maximum Gasteiger partial charge on any atom is 0.495 e. The van der Waals surface area contributed by atoms with Crippen molar-refractivity contribution in [3.8, 4) is 11.1 Å². The number of ether oxygens (including phenoxy) is 8. The van der Waals surface area contributed by atoms with Crippen molar-refractivity contribution in [3.63, 3.8) is 0 Å². The number of rotatable bonds is 25. The summed E-state index contributed by atoms with van der Waals surface area (Å²) in [4.78, 5) is 0. The van der Waals surface area contributed by atoms with Gasteiger partial charge in [-0.15, -0.1) is 0 Å². The van der Waals surface area contributed by atoms with Gasteiger partial charge < -0.3 is 47.2 Å². The monoisotopic (exact) mass is 704 g/mol. The van der Waals surface area contributed by atoms with Gasteiger partial charge in [0.05, 0.1) is 112 Å². The first-order valence-electron chi connectivity index (χ1n) is 17.5. The first-order chi connectivity index (χ1) is 23.4. The summed E-state index contributed by atoms with van der Waals surface area (Å²) >= 11 is 0. The zero-order valence-electron chi connectivity index (χ0n) is 31.5. The van der Waals surface area contributed by atoms with Gasteiger partial charge in [-0.05, 0) is 61.5 Å². The second-order valence-electron chi connectivity index (χ2n) is 14.2. The third kappa shape index (κ3) is 13.8. The van der Waals surface area contributed by atoms with Gasteiger partial charge in [-0.2, -0.15) is 0 Å². The summed E-state index contributed by atoms with van der Waals surface area (Å²) in [6, 6.07) is 13.4. The van der Waals surface area contributed by atoms with E-state index >= 15 is 0 Å². The van der Waals surface area contributed by atoms with E-state index in [4.69, 9.17) is 47.2 Å². The molecule has 49 heavy (non-hydrogen) atoms. The molecule has 1 fully saturated rings. The van der Waals surface area contributed by atoms with Gasteiger partial charge >= 0.3 is 7.12 Å². The molecule has 10 nitrogen and oxygen atoms in total. The zero-order valence-corrected chi connectivity index (χ0v) is 32.5. The molecular formula is C37H61BO10Si. The van der Waals surface area contributed by atoms with E-state index in [1.54, 1.807) is 14.2 Å². The fourth-order valence-corrected chi connectivity index (χ4v) is 6.26. The second kappa shape index (κ2) is 21.0. The summed E-state index contributed by atoms with van der Waals surface area (Å²) in [6.07, 6.45) is 0. The third-order valence-electron chi connectivity index (χ3n) is 8.80. The Morgan fingerprint density at radius 1 is 0.551 bits per heavy atom. The fraction of sp³-hybridized carbons (Fsp3) is 0.676. The van der Waals surface area contributed by atoms with E-state index in [0.29, 0.717) is 92.5 Å². The van der Waals surface area contributed by atoms with Crippen molar-refractivity contribution < 1.29 is 47.2 Å². The topological polar surface area (TPSA) is 92.3 Å². The highest BCUT2D eigenvalue weighted by molar-refractivity contribution is 6.88. The molecule has 1 aliphatic heterocycles. The van der Waals surface area contributed by atoms with E-state index in [2.05, 4.69) is 83.7 Å². The lowest BCUT2D eigenvalue weighted by molar-refractivity contribution is 0.000649. The number of hydrogen-bond donors (Lipinski definition) is 0. The minimum atomic E-state index is -1.46. The minimum absolute atomic E-state index is 0.383. The van der Waals surface area contributed by atoms with Crippen molar-refractivity contribution in [1.29, 1.82) is 0 Å². The molecule has 2 aromatic rings. The van der Waals surface area contributed by atoms with Crippen LogP contribution in [0.5, 0.6) is 0 Å². The zero-order chi connectivity index (χ0) is 35.8. The normalized spacial score (nSPS) is 15.7. The van der Waals surface area contributed by atoms with Gasteiger partial charge in [0, 0.05) is 14.2 Å². The van der Waals surface area contributed by atoms with E-state index in [1.807, 2.05) is 0 Å². The van der Waals surface area contributed by atoms with Crippen molar-refractivity contribution in [1.82, 2.24) is 0 Å². The Hall–Kier alpha value is -1.68. The smallest absolute Gasteiger partial charge is 0.399 e. The van der Waals surface area contributed by atoms with Crippen LogP contribution in [-0.4, -0.2) is 120 Å². The molecule has 0 saturated carbocycles. The molecular weight excluding hydrogens is 643 g/mol. The summed E-state index contributed by atoms with van der Waals surface area (Å²) in [5, 5.41) is 1.42. The highest BCUT2D eigenvalue weighted by Gasteiger charge is 2.52. The summed E-state index contributed by atoms with van der Waals surface area (Å²) in [5.41, 5.74) is 4.25. The Labute approximate surface area is 296 Å². The van der Waals surface area contributed by atoms with Crippen LogP contribution in [0.15, 0.2) is 36.4 Å². The van der Waals surface area contributed by atoms with Crippen molar-refractivity contribution in [2.24, 2.45) is 0 Å². The molecule has 2 aromatic carbocycles. The average Bonchev–Trinajstić information content (AvgIpc) is 3.28. The van der Waals surface area contributed by atoms with Gasteiger partial charge in [-0.3, -0.25) is 0 Å². The van der Waals surface area contributed by atoms with Crippen LogP contribution < -0.4 is 10.6 Å². The summed E-state index contributed by atoms with van der Waals surface area (Å²) < 4.78 is 57.8. The van der Waals surface area contributed by atoms with Crippen LogP contribution in [0.1, 0.15) is 38.8 Å². The molecule has 1 saturated heterocycles. The lowest BCUT2D eigenvalue weighted by Gasteiger charge is -2.32. The molecule has 12 heteroatoms. The number of methoxy groups -OCH3 is 2. The Kier molecular flexibility index (Phi) is 17.9. The highest BCUT2D eigenvalue weighted by atomic mass is 28.3. The van der Waals surface area contributed by atoms with Crippen LogP contribution in [0.3, 0.4) is 0 Å².